The lowest BCUT2D eigenvalue weighted by molar-refractivity contribution is -0.385. The molecule has 23 heavy (non-hydrogen) atoms. The lowest BCUT2D eigenvalue weighted by atomic mass is 10.2. The first-order chi connectivity index (χ1) is 11.0. The van der Waals surface area contributed by atoms with Crippen LogP contribution in [0.4, 0.5) is 17.2 Å². The van der Waals surface area contributed by atoms with E-state index in [1.165, 1.54) is 0 Å². The maximum Gasteiger partial charge on any atom is 0.288 e. The van der Waals surface area contributed by atoms with E-state index in [4.69, 9.17) is 10.5 Å². The Balaban J connectivity index is 2.22. The Hall–Kier alpha value is -3.00. The molecule has 1 amide bonds. The number of anilines is 2. The molecule has 0 radical (unpaired) electrons. The number of nitrogens with one attached hydrogen (secondary N) is 1. The van der Waals surface area contributed by atoms with Crippen molar-refractivity contribution in [1.82, 2.24) is 4.98 Å². The maximum absolute atomic E-state index is 11.5. The number of carbonyl (C=O) groups is 1. The largest absolute Gasteiger partial charge is 0.377 e. The molecule has 0 aliphatic heterocycles. The molecule has 1 aromatic carbocycles. The Morgan fingerprint density at radius 3 is 2.65 bits per heavy atom. The third-order valence-corrected chi connectivity index (χ3v) is 3.04. The van der Waals surface area contributed by atoms with Crippen molar-refractivity contribution in [3.05, 3.63) is 57.8 Å². The molecule has 8 heteroatoms. The van der Waals surface area contributed by atoms with Gasteiger partial charge in [0.25, 0.3) is 11.6 Å². The van der Waals surface area contributed by atoms with E-state index in [1.54, 1.807) is 12.1 Å². The second-order valence-electron chi connectivity index (χ2n) is 4.67. The van der Waals surface area contributed by atoms with E-state index >= 15 is 0 Å². The van der Waals surface area contributed by atoms with Gasteiger partial charge in [-0.05, 0) is 24.6 Å². The van der Waals surface area contributed by atoms with Gasteiger partial charge in [0.1, 0.15) is 12.0 Å². The summed E-state index contributed by atoms with van der Waals surface area (Å²) >= 11 is 0. The molecular formula is C15H16N4O4. The van der Waals surface area contributed by atoms with Gasteiger partial charge in [0, 0.05) is 18.4 Å². The number of hydrogen-bond donors (Lipinski definition) is 2. The highest BCUT2D eigenvalue weighted by atomic mass is 16.6. The molecule has 2 aromatic rings. The monoisotopic (exact) mass is 316 g/mol. The SMILES string of the molecule is CCOCc1ccc(Nc2ncc([N+](=O)[O-])cc2C(N)=O)cc1. The Kier molecular flexibility index (Phi) is 5.21. The quantitative estimate of drug-likeness (QED) is 0.597. The van der Waals surface area contributed by atoms with Gasteiger partial charge in [-0.2, -0.15) is 0 Å². The first kappa shape index (κ1) is 16.4. The molecular weight excluding hydrogens is 300 g/mol. The molecule has 0 aliphatic rings. The van der Waals surface area contributed by atoms with Gasteiger partial charge in [0.2, 0.25) is 0 Å². The van der Waals surface area contributed by atoms with E-state index in [0.717, 1.165) is 17.8 Å². The van der Waals surface area contributed by atoms with E-state index in [9.17, 15) is 14.9 Å². The number of pyridine rings is 1. The summed E-state index contributed by atoms with van der Waals surface area (Å²) in [7, 11) is 0. The number of amides is 1. The normalized spacial score (nSPS) is 10.3. The summed E-state index contributed by atoms with van der Waals surface area (Å²) in [5, 5.41) is 13.7. The van der Waals surface area contributed by atoms with Crippen LogP contribution in [0.3, 0.4) is 0 Å². The molecule has 0 fully saturated rings. The second-order valence-corrected chi connectivity index (χ2v) is 4.67. The van der Waals surface area contributed by atoms with Crippen molar-refractivity contribution >= 4 is 23.1 Å². The molecule has 0 aliphatic carbocycles. The Morgan fingerprint density at radius 2 is 2.09 bits per heavy atom. The zero-order valence-corrected chi connectivity index (χ0v) is 12.5. The molecule has 0 bridgehead atoms. The third-order valence-electron chi connectivity index (χ3n) is 3.04. The van der Waals surface area contributed by atoms with Gasteiger partial charge in [0.15, 0.2) is 0 Å². The van der Waals surface area contributed by atoms with Gasteiger partial charge in [-0.15, -0.1) is 0 Å². The number of primary amides is 1. The van der Waals surface area contributed by atoms with Crippen molar-refractivity contribution in [2.45, 2.75) is 13.5 Å². The van der Waals surface area contributed by atoms with Crippen LogP contribution < -0.4 is 11.1 Å². The molecule has 1 heterocycles. The van der Waals surface area contributed by atoms with Crippen LogP contribution in [0.5, 0.6) is 0 Å². The minimum Gasteiger partial charge on any atom is -0.377 e. The van der Waals surface area contributed by atoms with E-state index in [-0.39, 0.29) is 17.1 Å². The number of nitro groups is 1. The van der Waals surface area contributed by atoms with Crippen LogP contribution in [0, 0.1) is 10.1 Å². The molecule has 0 atom stereocenters. The number of nitrogens with two attached hydrogens (primary N) is 1. The predicted molar refractivity (Wildman–Crippen MR) is 84.5 cm³/mol. The first-order valence-corrected chi connectivity index (χ1v) is 6.89. The molecule has 1 aromatic heterocycles. The summed E-state index contributed by atoms with van der Waals surface area (Å²) < 4.78 is 5.31. The summed E-state index contributed by atoms with van der Waals surface area (Å²) in [5.74, 6) is -0.627. The fraction of sp³-hybridized carbons (Fsp3) is 0.200. The maximum atomic E-state index is 11.5. The molecule has 0 spiro atoms. The average Bonchev–Trinajstić information content (AvgIpc) is 2.54. The first-order valence-electron chi connectivity index (χ1n) is 6.89. The second kappa shape index (κ2) is 7.32. The van der Waals surface area contributed by atoms with Crippen LogP contribution in [-0.2, 0) is 11.3 Å². The number of carbonyl (C=O) groups excluding carboxylic acids is 1. The summed E-state index contributed by atoms with van der Waals surface area (Å²) in [6.45, 7) is 3.06. The van der Waals surface area contributed by atoms with Gasteiger partial charge >= 0.3 is 0 Å². The van der Waals surface area contributed by atoms with Crippen molar-refractivity contribution in [2.75, 3.05) is 11.9 Å². The van der Waals surface area contributed by atoms with Crippen molar-refractivity contribution in [3.8, 4) is 0 Å². The molecule has 0 saturated carbocycles. The highest BCUT2D eigenvalue weighted by Crippen LogP contribution is 2.22. The Labute approximate surface area is 132 Å². The summed E-state index contributed by atoms with van der Waals surface area (Å²) in [6.07, 6.45) is 1.07. The van der Waals surface area contributed by atoms with Gasteiger partial charge in [-0.3, -0.25) is 14.9 Å². The van der Waals surface area contributed by atoms with Crippen molar-refractivity contribution in [2.24, 2.45) is 5.73 Å². The van der Waals surface area contributed by atoms with Gasteiger partial charge in [-0.25, -0.2) is 4.98 Å². The topological polar surface area (TPSA) is 120 Å². The molecule has 0 saturated heterocycles. The third kappa shape index (κ3) is 4.24. The van der Waals surface area contributed by atoms with Crippen LogP contribution in [0.15, 0.2) is 36.5 Å². The van der Waals surface area contributed by atoms with Gasteiger partial charge < -0.3 is 15.8 Å². The smallest absolute Gasteiger partial charge is 0.288 e. The fourth-order valence-corrected chi connectivity index (χ4v) is 1.88. The number of benzene rings is 1. The number of aromatic nitrogens is 1. The fourth-order valence-electron chi connectivity index (χ4n) is 1.88. The summed E-state index contributed by atoms with van der Waals surface area (Å²) in [5.41, 5.74) is 6.60. The molecule has 2 rings (SSSR count). The number of nitrogens with zero attached hydrogens (tertiary/aromatic N) is 2. The lowest BCUT2D eigenvalue weighted by Crippen LogP contribution is -2.14. The highest BCUT2D eigenvalue weighted by Gasteiger charge is 2.16. The minimum atomic E-state index is -0.795. The van der Waals surface area contributed by atoms with E-state index in [0.29, 0.717) is 18.9 Å². The van der Waals surface area contributed by atoms with Crippen molar-refractivity contribution in [3.63, 3.8) is 0 Å². The molecule has 8 nitrogen and oxygen atoms in total. The number of ether oxygens (including phenoxy) is 1. The highest BCUT2D eigenvalue weighted by molar-refractivity contribution is 5.98. The van der Waals surface area contributed by atoms with Crippen LogP contribution in [0.25, 0.3) is 0 Å². The molecule has 3 N–H and O–H groups in total. The van der Waals surface area contributed by atoms with Crippen LogP contribution >= 0.6 is 0 Å². The van der Waals surface area contributed by atoms with E-state index in [1.807, 2.05) is 19.1 Å². The summed E-state index contributed by atoms with van der Waals surface area (Å²) in [4.78, 5) is 25.5. The van der Waals surface area contributed by atoms with E-state index < -0.39 is 10.8 Å². The number of hydrogen-bond acceptors (Lipinski definition) is 6. The Morgan fingerprint density at radius 1 is 1.39 bits per heavy atom. The molecule has 0 unspecified atom stereocenters. The predicted octanol–water partition coefficient (Wildman–Crippen LogP) is 2.37. The van der Waals surface area contributed by atoms with Gasteiger partial charge in [0.05, 0.1) is 17.1 Å². The van der Waals surface area contributed by atoms with Crippen molar-refractivity contribution in [1.29, 1.82) is 0 Å². The molecule has 120 valence electrons. The number of rotatable bonds is 7. The summed E-state index contributed by atoms with van der Waals surface area (Å²) in [6, 6.07) is 8.42. The van der Waals surface area contributed by atoms with Crippen LogP contribution in [-0.4, -0.2) is 22.4 Å². The average molecular weight is 316 g/mol. The zero-order chi connectivity index (χ0) is 16.8. The van der Waals surface area contributed by atoms with Gasteiger partial charge in [-0.1, -0.05) is 12.1 Å². The zero-order valence-electron chi connectivity index (χ0n) is 12.5. The standard InChI is InChI=1S/C15H16N4O4/c1-2-23-9-10-3-5-11(6-4-10)18-15-13(14(16)20)7-12(8-17-15)19(21)22/h3-8H,2,9H2,1H3,(H2,16,20)(H,17,18). The van der Waals surface area contributed by atoms with E-state index in [2.05, 4.69) is 10.3 Å². The lowest BCUT2D eigenvalue weighted by Gasteiger charge is -2.09. The minimum absolute atomic E-state index is 0.0439. The van der Waals surface area contributed by atoms with Crippen molar-refractivity contribution < 1.29 is 14.5 Å². The van der Waals surface area contributed by atoms with Crippen LogP contribution in [0.1, 0.15) is 22.8 Å². The van der Waals surface area contributed by atoms with Crippen LogP contribution in [0.2, 0.25) is 0 Å². The Bertz CT molecular complexity index is 716.